The van der Waals surface area contributed by atoms with E-state index >= 15 is 0 Å². The molecular weight excluding hydrogens is 148 g/mol. The summed E-state index contributed by atoms with van der Waals surface area (Å²) < 4.78 is 0. The Morgan fingerprint density at radius 1 is 1.50 bits per heavy atom. The minimum atomic E-state index is 0.357. The lowest BCUT2D eigenvalue weighted by molar-refractivity contribution is 0.278. The highest BCUT2D eigenvalue weighted by Gasteiger charge is 2.21. The van der Waals surface area contributed by atoms with E-state index in [2.05, 4.69) is 25.7 Å². The first-order valence-corrected chi connectivity index (χ1v) is 5.07. The Morgan fingerprint density at radius 3 is 2.58 bits per heavy atom. The summed E-state index contributed by atoms with van der Waals surface area (Å²) in [6.07, 6.45) is 1.35. The summed E-state index contributed by atoms with van der Waals surface area (Å²) >= 11 is 0. The molecule has 1 aliphatic rings. The van der Waals surface area contributed by atoms with E-state index in [4.69, 9.17) is 5.73 Å². The molecule has 0 aromatic rings. The van der Waals surface area contributed by atoms with Crippen molar-refractivity contribution in [1.82, 2.24) is 4.90 Å². The van der Waals surface area contributed by atoms with Crippen molar-refractivity contribution in [2.75, 3.05) is 19.6 Å². The van der Waals surface area contributed by atoms with Crippen LogP contribution in [0.5, 0.6) is 0 Å². The maximum atomic E-state index is 6.00. The predicted octanol–water partition coefficient (Wildman–Crippen LogP) is 1.31. The second-order valence-corrected chi connectivity index (χ2v) is 4.56. The van der Waals surface area contributed by atoms with Crippen molar-refractivity contribution in [2.24, 2.45) is 17.6 Å². The van der Waals surface area contributed by atoms with Gasteiger partial charge in [-0.3, -0.25) is 0 Å². The van der Waals surface area contributed by atoms with Gasteiger partial charge in [0.15, 0.2) is 0 Å². The lowest BCUT2D eigenvalue weighted by Gasteiger charge is -2.22. The fourth-order valence-corrected chi connectivity index (χ4v) is 1.70. The normalized spacial score (nSPS) is 28.2. The molecule has 1 unspecified atom stereocenters. The monoisotopic (exact) mass is 170 g/mol. The fraction of sp³-hybridized carbons (Fsp3) is 1.00. The van der Waals surface area contributed by atoms with E-state index in [-0.39, 0.29) is 0 Å². The van der Waals surface area contributed by atoms with Crippen LogP contribution in [0, 0.1) is 11.8 Å². The lowest BCUT2D eigenvalue weighted by atomic mass is 10.1. The molecule has 0 aromatic heterocycles. The molecule has 72 valence electrons. The Labute approximate surface area is 76.1 Å². The maximum absolute atomic E-state index is 6.00. The third kappa shape index (κ3) is 2.76. The molecule has 12 heavy (non-hydrogen) atoms. The Morgan fingerprint density at radius 2 is 2.17 bits per heavy atom. The number of hydrogen-bond acceptors (Lipinski definition) is 2. The molecule has 1 fully saturated rings. The van der Waals surface area contributed by atoms with Crippen molar-refractivity contribution in [2.45, 2.75) is 33.2 Å². The number of hydrogen-bond donors (Lipinski definition) is 1. The zero-order valence-corrected chi connectivity index (χ0v) is 8.59. The molecule has 1 aliphatic heterocycles. The van der Waals surface area contributed by atoms with E-state index in [0.717, 1.165) is 12.5 Å². The lowest BCUT2D eigenvalue weighted by Crippen LogP contribution is -2.39. The zero-order valence-electron chi connectivity index (χ0n) is 8.59. The Balaban J connectivity index is 2.23. The number of likely N-dealkylation sites (tertiary alicyclic amines) is 1. The van der Waals surface area contributed by atoms with Crippen molar-refractivity contribution in [3.63, 3.8) is 0 Å². The standard InChI is InChI=1S/C10H22N2/c1-8(2)10(11)7-12-5-4-9(3)6-12/h8-10H,4-7,11H2,1-3H3/t9?,10-/m0/s1. The molecule has 0 bridgehead atoms. The molecule has 1 rings (SSSR count). The first-order valence-electron chi connectivity index (χ1n) is 5.07. The molecule has 0 aliphatic carbocycles. The molecule has 2 nitrogen and oxygen atoms in total. The van der Waals surface area contributed by atoms with Crippen LogP contribution in [0.4, 0.5) is 0 Å². The van der Waals surface area contributed by atoms with Crippen LogP contribution in [-0.4, -0.2) is 30.6 Å². The van der Waals surface area contributed by atoms with Crippen LogP contribution in [0.25, 0.3) is 0 Å². The van der Waals surface area contributed by atoms with Crippen LogP contribution < -0.4 is 5.73 Å². The summed E-state index contributed by atoms with van der Waals surface area (Å²) in [6, 6.07) is 0.357. The Hall–Kier alpha value is -0.0800. The average Bonchev–Trinajstić information content (AvgIpc) is 2.35. The average molecular weight is 170 g/mol. The molecule has 2 atom stereocenters. The van der Waals surface area contributed by atoms with E-state index in [1.165, 1.54) is 19.5 Å². The molecule has 0 spiro atoms. The van der Waals surface area contributed by atoms with Gasteiger partial charge in [-0.25, -0.2) is 0 Å². The van der Waals surface area contributed by atoms with Gasteiger partial charge >= 0.3 is 0 Å². The van der Waals surface area contributed by atoms with Crippen LogP contribution >= 0.6 is 0 Å². The second kappa shape index (κ2) is 4.24. The second-order valence-electron chi connectivity index (χ2n) is 4.56. The molecule has 1 heterocycles. The summed E-state index contributed by atoms with van der Waals surface area (Å²) in [5, 5.41) is 0. The fourth-order valence-electron chi connectivity index (χ4n) is 1.70. The van der Waals surface area contributed by atoms with Gasteiger partial charge in [0, 0.05) is 19.1 Å². The highest BCUT2D eigenvalue weighted by atomic mass is 15.2. The van der Waals surface area contributed by atoms with Crippen molar-refractivity contribution in [3.05, 3.63) is 0 Å². The third-order valence-electron chi connectivity index (χ3n) is 2.83. The van der Waals surface area contributed by atoms with Gasteiger partial charge in [0.2, 0.25) is 0 Å². The highest BCUT2D eigenvalue weighted by molar-refractivity contribution is 4.77. The van der Waals surface area contributed by atoms with E-state index < -0.39 is 0 Å². The predicted molar refractivity (Wildman–Crippen MR) is 53.0 cm³/mol. The van der Waals surface area contributed by atoms with Crippen molar-refractivity contribution in [3.8, 4) is 0 Å². The molecule has 0 aromatic carbocycles. The smallest absolute Gasteiger partial charge is 0.0191 e. The summed E-state index contributed by atoms with van der Waals surface area (Å²) in [5.41, 5.74) is 6.00. The topological polar surface area (TPSA) is 29.3 Å². The molecule has 0 radical (unpaired) electrons. The van der Waals surface area contributed by atoms with E-state index in [1.807, 2.05) is 0 Å². The van der Waals surface area contributed by atoms with E-state index in [0.29, 0.717) is 12.0 Å². The van der Waals surface area contributed by atoms with Gasteiger partial charge in [0.25, 0.3) is 0 Å². The number of rotatable bonds is 3. The van der Waals surface area contributed by atoms with Gasteiger partial charge in [-0.1, -0.05) is 20.8 Å². The molecular formula is C10H22N2. The van der Waals surface area contributed by atoms with Crippen LogP contribution in [0.15, 0.2) is 0 Å². The summed E-state index contributed by atoms with van der Waals surface area (Å²) in [6.45, 7) is 10.3. The van der Waals surface area contributed by atoms with Gasteiger partial charge in [-0.05, 0) is 24.8 Å². The van der Waals surface area contributed by atoms with E-state index in [1.54, 1.807) is 0 Å². The van der Waals surface area contributed by atoms with Gasteiger partial charge < -0.3 is 10.6 Å². The molecule has 0 amide bonds. The summed E-state index contributed by atoms with van der Waals surface area (Å²) in [7, 11) is 0. The van der Waals surface area contributed by atoms with Crippen molar-refractivity contribution in [1.29, 1.82) is 0 Å². The molecule has 2 heteroatoms. The first kappa shape index (κ1) is 10.0. The third-order valence-corrected chi connectivity index (χ3v) is 2.83. The minimum Gasteiger partial charge on any atom is -0.326 e. The maximum Gasteiger partial charge on any atom is 0.0191 e. The minimum absolute atomic E-state index is 0.357. The highest BCUT2D eigenvalue weighted by Crippen LogP contribution is 2.15. The van der Waals surface area contributed by atoms with Gasteiger partial charge in [0.05, 0.1) is 0 Å². The largest absolute Gasteiger partial charge is 0.326 e. The SMILES string of the molecule is CC1CCN(C[C@H](N)C(C)C)C1. The van der Waals surface area contributed by atoms with Gasteiger partial charge in [0.1, 0.15) is 0 Å². The Kier molecular flexibility index (Phi) is 3.53. The quantitative estimate of drug-likeness (QED) is 0.692. The van der Waals surface area contributed by atoms with Gasteiger partial charge in [-0.15, -0.1) is 0 Å². The number of nitrogens with zero attached hydrogens (tertiary/aromatic N) is 1. The van der Waals surface area contributed by atoms with E-state index in [9.17, 15) is 0 Å². The summed E-state index contributed by atoms with van der Waals surface area (Å²) in [4.78, 5) is 2.50. The first-order chi connectivity index (χ1) is 5.59. The number of nitrogens with two attached hydrogens (primary N) is 1. The van der Waals surface area contributed by atoms with Crippen LogP contribution in [0.1, 0.15) is 27.2 Å². The zero-order chi connectivity index (χ0) is 9.14. The molecule has 1 saturated heterocycles. The Bertz CT molecular complexity index is 134. The molecule has 2 N–H and O–H groups in total. The van der Waals surface area contributed by atoms with Crippen LogP contribution in [0.3, 0.4) is 0 Å². The molecule has 0 saturated carbocycles. The van der Waals surface area contributed by atoms with Crippen LogP contribution in [0.2, 0.25) is 0 Å². The summed E-state index contributed by atoms with van der Waals surface area (Å²) in [5.74, 6) is 1.49. The van der Waals surface area contributed by atoms with Crippen LogP contribution in [-0.2, 0) is 0 Å². The van der Waals surface area contributed by atoms with Gasteiger partial charge in [-0.2, -0.15) is 0 Å². The van der Waals surface area contributed by atoms with Crippen molar-refractivity contribution >= 4 is 0 Å². The van der Waals surface area contributed by atoms with Crippen molar-refractivity contribution < 1.29 is 0 Å².